The predicted octanol–water partition coefficient (Wildman–Crippen LogP) is 22.4. The molecule has 2 aromatic rings. The van der Waals surface area contributed by atoms with E-state index < -0.39 is 0 Å². The highest BCUT2D eigenvalue weighted by atomic mass is 14.0. The molecule has 406 valence electrons. The molecule has 0 amide bonds. The molecular formula is C71H122. The van der Waals surface area contributed by atoms with Crippen molar-refractivity contribution >= 4 is 0 Å². The Morgan fingerprint density at radius 3 is 1.04 bits per heavy atom. The molecule has 0 heterocycles. The molecule has 0 aliphatic rings. The van der Waals surface area contributed by atoms with Crippen LogP contribution in [0.1, 0.15) is 273 Å². The van der Waals surface area contributed by atoms with Gasteiger partial charge in [-0.25, -0.2) is 0 Å². The molecular weight excluding hydrogens is 853 g/mol. The highest BCUT2D eigenvalue weighted by molar-refractivity contribution is 5.33. The summed E-state index contributed by atoms with van der Waals surface area (Å²) < 4.78 is 0. The van der Waals surface area contributed by atoms with Crippen molar-refractivity contribution in [2.45, 2.75) is 268 Å². The van der Waals surface area contributed by atoms with Crippen LogP contribution in [0.4, 0.5) is 0 Å². The molecule has 0 nitrogen and oxygen atoms in total. The van der Waals surface area contributed by atoms with Crippen LogP contribution < -0.4 is 0 Å². The Bertz CT molecular complexity index is 1610. The summed E-state index contributed by atoms with van der Waals surface area (Å²) in [5.41, 5.74) is 2.55. The van der Waals surface area contributed by atoms with E-state index >= 15 is 0 Å². The molecule has 0 spiro atoms. The number of hydrogen-bond donors (Lipinski definition) is 0. The number of rotatable bonds is 16. The molecule has 0 radical (unpaired) electrons. The van der Waals surface area contributed by atoms with E-state index in [1.54, 1.807) is 0 Å². The van der Waals surface area contributed by atoms with Gasteiger partial charge < -0.3 is 0 Å². The van der Waals surface area contributed by atoms with Gasteiger partial charge >= 0.3 is 0 Å². The molecule has 2 rings (SSSR count). The molecule has 0 saturated heterocycles. The first kappa shape index (κ1) is 78.7. The van der Waals surface area contributed by atoms with Gasteiger partial charge in [0, 0.05) is 56.9 Å². The second-order valence-electron chi connectivity index (χ2n) is 22.3. The van der Waals surface area contributed by atoms with Crippen LogP contribution in [0.25, 0.3) is 0 Å². The van der Waals surface area contributed by atoms with Gasteiger partial charge in [0.15, 0.2) is 0 Å². The lowest BCUT2D eigenvalue weighted by Gasteiger charge is -2.05. The van der Waals surface area contributed by atoms with E-state index in [1.165, 1.54) is 63.4 Å². The largest absolute Gasteiger partial charge is 0.107 e. The van der Waals surface area contributed by atoms with Crippen LogP contribution in [0.3, 0.4) is 0 Å². The molecule has 0 aromatic heterocycles. The van der Waals surface area contributed by atoms with E-state index in [0.717, 1.165) is 104 Å². The molecule has 71 heavy (non-hydrogen) atoms. The fraction of sp³-hybridized carbons (Fsp3) is 0.690. The normalized spacial score (nSPS) is 9.46. The monoisotopic (exact) mass is 975 g/mol. The zero-order valence-electron chi connectivity index (χ0n) is 52.0. The van der Waals surface area contributed by atoms with Gasteiger partial charge in [0.25, 0.3) is 0 Å². The minimum absolute atomic E-state index is 0.668. The number of hydrogen-bond acceptors (Lipinski definition) is 0. The Morgan fingerprint density at radius 2 is 0.718 bits per heavy atom. The van der Waals surface area contributed by atoms with Gasteiger partial charge in [-0.3, -0.25) is 0 Å². The van der Waals surface area contributed by atoms with E-state index in [-0.39, 0.29) is 0 Å². The zero-order chi connectivity index (χ0) is 55.5. The molecule has 0 heteroatoms. The lowest BCUT2D eigenvalue weighted by molar-refractivity contribution is 0.476. The summed E-state index contributed by atoms with van der Waals surface area (Å²) in [5, 5.41) is 0. The van der Waals surface area contributed by atoms with E-state index in [9.17, 15) is 0 Å². The Balaban J connectivity index is -0.000000171. The first-order valence-corrected chi connectivity index (χ1v) is 28.9. The van der Waals surface area contributed by atoms with Gasteiger partial charge in [-0.15, -0.1) is 47.4 Å². The van der Waals surface area contributed by atoms with Crippen LogP contribution in [0.15, 0.2) is 60.7 Å². The van der Waals surface area contributed by atoms with Gasteiger partial charge in [0.2, 0.25) is 0 Å². The summed E-state index contributed by atoms with van der Waals surface area (Å²) in [5.74, 6) is 37.9. The van der Waals surface area contributed by atoms with Crippen molar-refractivity contribution in [2.75, 3.05) is 0 Å². The van der Waals surface area contributed by atoms with E-state index in [2.05, 4.69) is 242 Å². The third-order valence-corrected chi connectivity index (χ3v) is 9.26. The third kappa shape index (κ3) is 96.4. The van der Waals surface area contributed by atoms with Crippen molar-refractivity contribution in [3.63, 3.8) is 0 Å². The summed E-state index contributed by atoms with van der Waals surface area (Å²) in [6.07, 6.45) is 20.1. The molecule has 0 N–H and O–H groups in total. The Labute approximate surface area is 450 Å². The summed E-state index contributed by atoms with van der Waals surface area (Å²) in [6.45, 7) is 50.6. The van der Waals surface area contributed by atoms with Crippen LogP contribution in [0.5, 0.6) is 0 Å². The SMILES string of the molecule is CC#CCC(C)C.CC(C)CC#Cc1ccccc1.CC(C)CCC(C)C.CC(C)Cc1ccccc1.CCC#CCC(C)C.CCCC#CCC(C)C.CCCCC#CCC(C)C.CCCCC(C)C. The fourth-order valence-corrected chi connectivity index (χ4v) is 5.07. The molecule has 0 aliphatic heterocycles. The van der Waals surface area contributed by atoms with Gasteiger partial charge in [-0.2, -0.15) is 0 Å². The number of unbranched alkanes of at least 4 members (excludes halogenated alkanes) is 4. The average Bonchev–Trinajstić information content (AvgIpc) is 3.30. The smallest absolute Gasteiger partial charge is 0.0245 e. The Morgan fingerprint density at radius 1 is 0.338 bits per heavy atom. The first-order valence-electron chi connectivity index (χ1n) is 28.9. The van der Waals surface area contributed by atoms with Crippen molar-refractivity contribution in [1.29, 1.82) is 0 Å². The second-order valence-corrected chi connectivity index (χ2v) is 22.3. The van der Waals surface area contributed by atoms with Crippen LogP contribution in [0.2, 0.25) is 0 Å². The maximum absolute atomic E-state index is 3.17. The summed E-state index contributed by atoms with van der Waals surface area (Å²) >= 11 is 0. The molecule has 0 atom stereocenters. The van der Waals surface area contributed by atoms with Crippen molar-refractivity contribution < 1.29 is 0 Å². The first-order chi connectivity index (χ1) is 33.6. The molecule has 0 bridgehead atoms. The molecule has 0 unspecified atom stereocenters. The maximum atomic E-state index is 3.17. The van der Waals surface area contributed by atoms with Gasteiger partial charge in [-0.05, 0) is 97.1 Å². The standard InChI is InChI=1S/C12H14.C10H14.C10H18.C9H16.C8H18.C8H14.C7H16.C7H12/c1-11(2)7-6-10-12-8-4-3-5-9-12;1-9(2)8-10-6-4-3-5-7-10;1-4-5-6-7-8-9-10(2)3;1-4-5-6-7-8-9(2)3;1-7(2)5-6-8(3)4;1-4-5-6-7-8(2)3;2*1-4-5-6-7(2)3/h3-5,8-9,11H,7H2,1-2H3;3-7,9H,8H2,1-2H3;10H,4-6,9H2,1-3H3;9H,4-5,8H2,1-3H3;7-8H,5-6H2,1-4H3;8H,4,7H2,1-3H3;7H,4-6H2,1-3H3;7H,6H2,1-3H3. The number of benzene rings is 2. The van der Waals surface area contributed by atoms with E-state index in [1.807, 2.05) is 37.3 Å². The van der Waals surface area contributed by atoms with Crippen LogP contribution in [-0.2, 0) is 6.42 Å². The van der Waals surface area contributed by atoms with Crippen LogP contribution in [0, 0.1) is 112 Å². The van der Waals surface area contributed by atoms with Gasteiger partial charge in [0.1, 0.15) is 0 Å². The minimum atomic E-state index is 0.668. The topological polar surface area (TPSA) is 0 Å². The van der Waals surface area contributed by atoms with Crippen molar-refractivity contribution in [2.24, 2.45) is 53.3 Å². The fourth-order valence-electron chi connectivity index (χ4n) is 5.07. The Kier molecular flexibility index (Phi) is 71.2. The molecule has 0 aliphatic carbocycles. The van der Waals surface area contributed by atoms with Gasteiger partial charge in [-0.1, -0.05) is 251 Å². The Hall–Kier alpha value is -3.76. The van der Waals surface area contributed by atoms with Crippen molar-refractivity contribution in [3.8, 4) is 59.2 Å². The van der Waals surface area contributed by atoms with Crippen molar-refractivity contribution in [3.05, 3.63) is 71.8 Å². The summed E-state index contributed by atoms with van der Waals surface area (Å²) in [7, 11) is 0. The average molecular weight is 976 g/mol. The quantitative estimate of drug-likeness (QED) is 0.116. The van der Waals surface area contributed by atoms with Crippen LogP contribution >= 0.6 is 0 Å². The third-order valence-electron chi connectivity index (χ3n) is 9.26. The van der Waals surface area contributed by atoms with Gasteiger partial charge in [0.05, 0.1) is 0 Å². The van der Waals surface area contributed by atoms with Crippen LogP contribution in [-0.4, -0.2) is 0 Å². The lowest BCUT2D eigenvalue weighted by Crippen LogP contribution is -1.92. The summed E-state index contributed by atoms with van der Waals surface area (Å²) in [6, 6.07) is 20.7. The highest BCUT2D eigenvalue weighted by Crippen LogP contribution is 2.10. The summed E-state index contributed by atoms with van der Waals surface area (Å²) in [4.78, 5) is 0. The molecule has 2 aromatic carbocycles. The molecule has 0 fully saturated rings. The second kappa shape index (κ2) is 64.3. The maximum Gasteiger partial charge on any atom is 0.0245 e. The van der Waals surface area contributed by atoms with Crippen molar-refractivity contribution in [1.82, 2.24) is 0 Å². The van der Waals surface area contributed by atoms with E-state index in [0.29, 0.717) is 5.92 Å². The molecule has 0 saturated carbocycles. The lowest BCUT2D eigenvalue weighted by atomic mass is 10.0. The highest BCUT2D eigenvalue weighted by Gasteiger charge is 1.96. The predicted molar refractivity (Wildman–Crippen MR) is 330 cm³/mol. The van der Waals surface area contributed by atoms with E-state index in [4.69, 9.17) is 0 Å². The minimum Gasteiger partial charge on any atom is -0.107 e. The zero-order valence-corrected chi connectivity index (χ0v) is 52.0.